The lowest BCUT2D eigenvalue weighted by Gasteiger charge is -2.31. The maximum atomic E-state index is 14.9. The number of rotatable bonds is 4. The van der Waals surface area contributed by atoms with E-state index in [1.807, 2.05) is 42.5 Å². The van der Waals surface area contributed by atoms with Gasteiger partial charge in [-0.2, -0.15) is 9.61 Å². The van der Waals surface area contributed by atoms with Crippen molar-refractivity contribution in [2.24, 2.45) is 0 Å². The van der Waals surface area contributed by atoms with Crippen molar-refractivity contribution in [3.63, 3.8) is 0 Å². The molecular formula is C24H21BrFN5O2. The Bertz CT molecular complexity index is 1340. The summed E-state index contributed by atoms with van der Waals surface area (Å²) in [5.74, 6) is -1.46. The number of fused-ring (bicyclic) bond motifs is 1. The van der Waals surface area contributed by atoms with E-state index in [-0.39, 0.29) is 18.8 Å². The highest BCUT2D eigenvalue weighted by molar-refractivity contribution is 9.10. The number of pyridine rings is 1. The fourth-order valence-electron chi connectivity index (χ4n) is 4.47. The Morgan fingerprint density at radius 2 is 1.97 bits per heavy atom. The second-order valence-electron chi connectivity index (χ2n) is 8.35. The van der Waals surface area contributed by atoms with Crippen molar-refractivity contribution in [1.82, 2.24) is 19.6 Å². The SMILES string of the molecule is Nc1c(Br)c(C2CCC[C@](F)(C(=O)O)C2)nc2c(-c3ccc(-c4ccccc4)nc3)cnn12. The summed E-state index contributed by atoms with van der Waals surface area (Å²) in [5.41, 5.74) is 8.57. The number of carboxylic acids is 1. The van der Waals surface area contributed by atoms with Crippen LogP contribution < -0.4 is 5.73 Å². The molecule has 1 unspecified atom stereocenters. The van der Waals surface area contributed by atoms with E-state index >= 15 is 0 Å². The molecule has 4 aromatic rings. The quantitative estimate of drug-likeness (QED) is 0.388. The van der Waals surface area contributed by atoms with Crippen LogP contribution in [0.3, 0.4) is 0 Å². The zero-order chi connectivity index (χ0) is 23.2. The number of hydrogen-bond acceptors (Lipinski definition) is 5. The number of aromatic nitrogens is 4. The molecule has 5 rings (SSSR count). The van der Waals surface area contributed by atoms with Gasteiger partial charge in [-0.15, -0.1) is 0 Å². The van der Waals surface area contributed by atoms with Crippen molar-refractivity contribution >= 4 is 33.4 Å². The van der Waals surface area contributed by atoms with Crippen LogP contribution in [-0.2, 0) is 4.79 Å². The molecule has 0 bridgehead atoms. The van der Waals surface area contributed by atoms with Crippen LogP contribution in [0.25, 0.3) is 28.0 Å². The molecule has 3 aromatic heterocycles. The molecule has 0 spiro atoms. The molecule has 1 fully saturated rings. The molecule has 168 valence electrons. The smallest absolute Gasteiger partial charge is 0.341 e. The first kappa shape index (κ1) is 21.5. The molecule has 3 N–H and O–H groups in total. The molecule has 2 atom stereocenters. The maximum Gasteiger partial charge on any atom is 0.341 e. The maximum absolute atomic E-state index is 14.9. The van der Waals surface area contributed by atoms with Gasteiger partial charge in [0.2, 0.25) is 5.67 Å². The van der Waals surface area contributed by atoms with E-state index in [0.717, 1.165) is 22.4 Å². The van der Waals surface area contributed by atoms with E-state index in [9.17, 15) is 14.3 Å². The van der Waals surface area contributed by atoms with Crippen LogP contribution in [0.4, 0.5) is 10.2 Å². The number of alkyl halides is 1. The molecular weight excluding hydrogens is 489 g/mol. The number of benzene rings is 1. The van der Waals surface area contributed by atoms with Crippen molar-refractivity contribution in [3.8, 4) is 22.4 Å². The molecule has 0 aliphatic heterocycles. The van der Waals surface area contributed by atoms with Gasteiger partial charge in [-0.05, 0) is 41.3 Å². The second-order valence-corrected chi connectivity index (χ2v) is 9.14. The molecule has 33 heavy (non-hydrogen) atoms. The summed E-state index contributed by atoms with van der Waals surface area (Å²) >= 11 is 3.48. The first-order chi connectivity index (χ1) is 15.9. The standard InChI is InChI=1S/C24H21BrFN5O2/c25-19-20(15-7-4-10-24(26,11-15)23(32)33)30-22-17(13-29-31(22)21(19)27)16-8-9-18(28-12-16)14-5-2-1-3-6-14/h1-3,5-6,8-9,12-13,15H,4,7,10-11,27H2,(H,32,33)/t15?,24-/m1/s1. The Labute approximate surface area is 197 Å². The van der Waals surface area contributed by atoms with Gasteiger partial charge in [0, 0.05) is 35.2 Å². The van der Waals surface area contributed by atoms with Gasteiger partial charge in [0.15, 0.2) is 5.65 Å². The average Bonchev–Trinajstić information content (AvgIpc) is 3.26. The minimum Gasteiger partial charge on any atom is -0.479 e. The molecule has 9 heteroatoms. The van der Waals surface area contributed by atoms with E-state index in [4.69, 9.17) is 10.7 Å². The Kier molecular flexibility index (Phi) is 5.36. The molecule has 0 amide bonds. The number of anilines is 1. The summed E-state index contributed by atoms with van der Waals surface area (Å²) in [7, 11) is 0. The fraction of sp³-hybridized carbons (Fsp3) is 0.250. The molecule has 1 aliphatic carbocycles. The third-order valence-electron chi connectivity index (χ3n) is 6.26. The van der Waals surface area contributed by atoms with Crippen molar-refractivity contribution in [2.75, 3.05) is 5.73 Å². The van der Waals surface area contributed by atoms with Gasteiger partial charge in [0.05, 0.1) is 22.1 Å². The van der Waals surface area contributed by atoms with Crippen molar-refractivity contribution in [3.05, 3.63) is 65.0 Å². The highest BCUT2D eigenvalue weighted by Gasteiger charge is 2.44. The Balaban J connectivity index is 1.56. The van der Waals surface area contributed by atoms with Crippen LogP contribution in [0.15, 0.2) is 59.3 Å². The Morgan fingerprint density at radius 1 is 1.18 bits per heavy atom. The van der Waals surface area contributed by atoms with Crippen molar-refractivity contribution < 1.29 is 14.3 Å². The van der Waals surface area contributed by atoms with Crippen LogP contribution >= 0.6 is 15.9 Å². The number of nitrogens with two attached hydrogens (primary N) is 1. The normalized spacial score (nSPS) is 20.7. The number of nitrogens with zero attached hydrogens (tertiary/aromatic N) is 4. The molecule has 0 radical (unpaired) electrons. The predicted molar refractivity (Wildman–Crippen MR) is 126 cm³/mol. The molecule has 7 nitrogen and oxygen atoms in total. The number of aliphatic carboxylic acids is 1. The molecule has 1 aromatic carbocycles. The summed E-state index contributed by atoms with van der Waals surface area (Å²) in [4.78, 5) is 20.9. The van der Waals surface area contributed by atoms with Crippen molar-refractivity contribution in [2.45, 2.75) is 37.3 Å². The third-order valence-corrected chi connectivity index (χ3v) is 7.07. The van der Waals surface area contributed by atoms with E-state index < -0.39 is 11.6 Å². The minimum atomic E-state index is -2.26. The summed E-state index contributed by atoms with van der Waals surface area (Å²) in [6.07, 6.45) is 4.40. The first-order valence-electron chi connectivity index (χ1n) is 10.6. The first-order valence-corrected chi connectivity index (χ1v) is 11.4. The summed E-state index contributed by atoms with van der Waals surface area (Å²) < 4.78 is 17.0. The highest BCUT2D eigenvalue weighted by Crippen LogP contribution is 2.44. The van der Waals surface area contributed by atoms with Crippen LogP contribution in [0, 0.1) is 0 Å². The Hall–Kier alpha value is -3.33. The molecule has 0 saturated heterocycles. The lowest BCUT2D eigenvalue weighted by Crippen LogP contribution is -2.38. The van der Waals surface area contributed by atoms with Crippen LogP contribution in [0.2, 0.25) is 0 Å². The molecule has 1 saturated carbocycles. The minimum absolute atomic E-state index is 0.00550. The third kappa shape index (κ3) is 3.76. The predicted octanol–water partition coefficient (Wildman–Crippen LogP) is 5.25. The number of hydrogen-bond donors (Lipinski definition) is 2. The van der Waals surface area contributed by atoms with Crippen LogP contribution in [0.5, 0.6) is 0 Å². The highest BCUT2D eigenvalue weighted by atomic mass is 79.9. The van der Waals surface area contributed by atoms with Gasteiger partial charge in [-0.25, -0.2) is 14.2 Å². The van der Waals surface area contributed by atoms with Gasteiger partial charge in [0.25, 0.3) is 0 Å². The topological polar surface area (TPSA) is 106 Å². The van der Waals surface area contributed by atoms with Gasteiger partial charge in [-0.3, -0.25) is 4.98 Å². The number of carbonyl (C=O) groups is 1. The molecule has 3 heterocycles. The monoisotopic (exact) mass is 509 g/mol. The zero-order valence-corrected chi connectivity index (χ0v) is 19.2. The largest absolute Gasteiger partial charge is 0.479 e. The fourth-order valence-corrected chi connectivity index (χ4v) is 5.05. The lowest BCUT2D eigenvalue weighted by molar-refractivity contribution is -0.153. The Morgan fingerprint density at radius 3 is 2.67 bits per heavy atom. The zero-order valence-electron chi connectivity index (χ0n) is 17.6. The van der Waals surface area contributed by atoms with Gasteiger partial charge < -0.3 is 10.8 Å². The summed E-state index contributed by atoms with van der Waals surface area (Å²) in [6, 6.07) is 13.8. The van der Waals surface area contributed by atoms with E-state index in [2.05, 4.69) is 26.0 Å². The van der Waals surface area contributed by atoms with Gasteiger partial charge in [0.1, 0.15) is 5.82 Å². The van der Waals surface area contributed by atoms with Crippen LogP contribution in [-0.4, -0.2) is 36.3 Å². The van der Waals surface area contributed by atoms with E-state index in [1.54, 1.807) is 12.4 Å². The summed E-state index contributed by atoms with van der Waals surface area (Å²) in [5, 5.41) is 13.8. The number of nitrogen functional groups attached to an aromatic ring is 1. The van der Waals surface area contributed by atoms with E-state index in [0.29, 0.717) is 34.5 Å². The second kappa shape index (κ2) is 8.22. The van der Waals surface area contributed by atoms with Gasteiger partial charge in [-0.1, -0.05) is 36.4 Å². The molecule has 1 aliphatic rings. The average molecular weight is 510 g/mol. The van der Waals surface area contributed by atoms with Crippen LogP contribution in [0.1, 0.15) is 37.3 Å². The number of carboxylic acid groups (broad SMARTS) is 1. The van der Waals surface area contributed by atoms with Crippen molar-refractivity contribution in [1.29, 1.82) is 0 Å². The lowest BCUT2D eigenvalue weighted by atomic mass is 9.77. The van der Waals surface area contributed by atoms with E-state index in [1.165, 1.54) is 4.52 Å². The van der Waals surface area contributed by atoms with Gasteiger partial charge >= 0.3 is 5.97 Å². The summed E-state index contributed by atoms with van der Waals surface area (Å²) in [6.45, 7) is 0. The number of halogens is 2.